The van der Waals surface area contributed by atoms with Gasteiger partial charge in [0.25, 0.3) is 0 Å². The second-order valence-electron chi connectivity index (χ2n) is 4.33. The van der Waals surface area contributed by atoms with Crippen LogP contribution in [0.4, 0.5) is 0 Å². The fourth-order valence-corrected chi connectivity index (χ4v) is 7.93. The van der Waals surface area contributed by atoms with Crippen molar-refractivity contribution in [2.45, 2.75) is 6.42 Å². The molecular formula is C15H16P2. The third-order valence-corrected chi connectivity index (χ3v) is 9.05. The maximum Gasteiger partial charge on any atom is -0.0184 e. The van der Waals surface area contributed by atoms with Crippen molar-refractivity contribution < 1.29 is 0 Å². The Bertz CT molecular complexity index is 470. The van der Waals surface area contributed by atoms with Crippen molar-refractivity contribution in [3.63, 3.8) is 0 Å². The molecule has 2 unspecified atom stereocenters. The van der Waals surface area contributed by atoms with E-state index in [0.29, 0.717) is 0 Å². The molecule has 0 N–H and O–H groups in total. The van der Waals surface area contributed by atoms with Gasteiger partial charge in [0, 0.05) is 0 Å². The van der Waals surface area contributed by atoms with Gasteiger partial charge in [-0.05, 0) is 35.2 Å². The van der Waals surface area contributed by atoms with Crippen molar-refractivity contribution in [3.05, 3.63) is 54.6 Å². The summed E-state index contributed by atoms with van der Waals surface area (Å²) in [6.45, 7) is 0. The average Bonchev–Trinajstić information content (AvgIpc) is 2.94. The van der Waals surface area contributed by atoms with E-state index in [0.717, 1.165) is 0 Å². The van der Waals surface area contributed by atoms with E-state index in [1.54, 1.807) is 5.30 Å². The molecule has 0 spiro atoms. The Morgan fingerprint density at radius 1 is 0.824 bits per heavy atom. The summed E-state index contributed by atoms with van der Waals surface area (Å²) in [6, 6.07) is 19.9. The highest BCUT2D eigenvalue weighted by molar-refractivity contribution is 8.25. The highest BCUT2D eigenvalue weighted by atomic mass is 32.0. The van der Waals surface area contributed by atoms with Crippen LogP contribution in [0.15, 0.2) is 54.6 Å². The minimum Gasteiger partial charge on any atom is -0.0914 e. The van der Waals surface area contributed by atoms with Gasteiger partial charge in [-0.15, -0.1) is 0 Å². The molecule has 1 fully saturated rings. The van der Waals surface area contributed by atoms with E-state index in [4.69, 9.17) is 0 Å². The van der Waals surface area contributed by atoms with E-state index in [1.165, 1.54) is 38.1 Å². The second-order valence-corrected chi connectivity index (χ2v) is 9.53. The predicted octanol–water partition coefficient (Wildman–Crippen LogP) is 4.46. The summed E-state index contributed by atoms with van der Waals surface area (Å²) in [5.74, 6) is 0. The van der Waals surface area contributed by atoms with Gasteiger partial charge in [0.15, 0.2) is 0 Å². The van der Waals surface area contributed by atoms with Crippen LogP contribution in [0.3, 0.4) is 0 Å². The zero-order chi connectivity index (χ0) is 11.5. The van der Waals surface area contributed by atoms with Crippen LogP contribution in [0.25, 0.3) is 11.1 Å². The summed E-state index contributed by atoms with van der Waals surface area (Å²) < 4.78 is 0. The molecule has 2 heteroatoms. The van der Waals surface area contributed by atoms with E-state index in [2.05, 4.69) is 54.6 Å². The molecule has 1 aliphatic rings. The first kappa shape index (κ1) is 11.4. The molecule has 0 nitrogen and oxygen atoms in total. The van der Waals surface area contributed by atoms with Crippen LogP contribution in [0, 0.1) is 0 Å². The van der Waals surface area contributed by atoms with E-state index >= 15 is 0 Å². The van der Waals surface area contributed by atoms with E-state index in [-0.39, 0.29) is 7.61 Å². The van der Waals surface area contributed by atoms with Gasteiger partial charge in [0.05, 0.1) is 0 Å². The molecule has 3 rings (SSSR count). The van der Waals surface area contributed by atoms with Crippen molar-refractivity contribution in [1.82, 2.24) is 0 Å². The van der Waals surface area contributed by atoms with Crippen LogP contribution in [0.1, 0.15) is 6.42 Å². The second kappa shape index (κ2) is 5.30. The largest absolute Gasteiger partial charge is 0.0914 e. The Kier molecular flexibility index (Phi) is 3.55. The van der Waals surface area contributed by atoms with E-state index < -0.39 is 0 Å². The quantitative estimate of drug-likeness (QED) is 0.698. The van der Waals surface area contributed by atoms with Crippen molar-refractivity contribution in [2.75, 3.05) is 12.3 Å². The van der Waals surface area contributed by atoms with Crippen LogP contribution in [-0.2, 0) is 0 Å². The molecule has 1 heterocycles. The van der Waals surface area contributed by atoms with Gasteiger partial charge in [-0.2, -0.15) is 0 Å². The molecule has 2 aromatic rings. The standard InChI is InChI=1S/C15H16P2/c1-2-5-13(6-3-1)14-7-9-15(10-8-14)17-12-4-11-16-17/h1-3,5-10,16H,4,11-12H2. The summed E-state index contributed by atoms with van der Waals surface area (Å²) >= 11 is 0. The van der Waals surface area contributed by atoms with Gasteiger partial charge >= 0.3 is 0 Å². The lowest BCUT2D eigenvalue weighted by molar-refractivity contribution is 1.14. The number of hydrogen-bond donors (Lipinski definition) is 0. The van der Waals surface area contributed by atoms with Gasteiger partial charge < -0.3 is 0 Å². The average molecular weight is 258 g/mol. The van der Waals surface area contributed by atoms with Gasteiger partial charge in [-0.3, -0.25) is 0 Å². The Morgan fingerprint density at radius 3 is 2.18 bits per heavy atom. The molecule has 2 aromatic carbocycles. The fourth-order valence-electron chi connectivity index (χ4n) is 2.22. The summed E-state index contributed by atoms with van der Waals surface area (Å²) in [5, 5.41) is 1.61. The highest BCUT2D eigenvalue weighted by Gasteiger charge is 2.15. The SMILES string of the molecule is c1ccc(-c2ccc(P3CCCP3)cc2)cc1. The van der Waals surface area contributed by atoms with Crippen LogP contribution in [-0.4, -0.2) is 12.3 Å². The smallest absolute Gasteiger partial charge is 0.0184 e. The lowest BCUT2D eigenvalue weighted by Crippen LogP contribution is -1.97. The first-order valence-corrected chi connectivity index (χ1v) is 9.67. The summed E-state index contributed by atoms with van der Waals surface area (Å²) in [7, 11) is 1.41. The number of benzene rings is 2. The molecule has 0 amide bonds. The van der Waals surface area contributed by atoms with Gasteiger partial charge in [0.2, 0.25) is 0 Å². The number of rotatable bonds is 2. The topological polar surface area (TPSA) is 0 Å². The monoisotopic (exact) mass is 258 g/mol. The lowest BCUT2D eigenvalue weighted by atomic mass is 10.1. The molecule has 1 aliphatic heterocycles. The molecule has 2 atom stereocenters. The van der Waals surface area contributed by atoms with Crippen molar-refractivity contribution in [3.8, 4) is 11.1 Å². The minimum atomic E-state index is 0.206. The summed E-state index contributed by atoms with van der Waals surface area (Å²) in [6.07, 6.45) is 4.37. The Morgan fingerprint density at radius 2 is 1.53 bits per heavy atom. The molecule has 17 heavy (non-hydrogen) atoms. The third kappa shape index (κ3) is 2.59. The Labute approximate surface area is 106 Å². The van der Waals surface area contributed by atoms with Crippen molar-refractivity contribution in [2.24, 2.45) is 0 Å². The molecular weight excluding hydrogens is 242 g/mol. The minimum absolute atomic E-state index is 0.206. The molecule has 86 valence electrons. The van der Waals surface area contributed by atoms with Crippen LogP contribution in [0.2, 0.25) is 0 Å². The van der Waals surface area contributed by atoms with E-state index in [1.807, 2.05) is 0 Å². The highest BCUT2D eigenvalue weighted by Crippen LogP contribution is 2.59. The molecule has 0 saturated carbocycles. The predicted molar refractivity (Wildman–Crippen MR) is 81.1 cm³/mol. The van der Waals surface area contributed by atoms with E-state index in [9.17, 15) is 0 Å². The van der Waals surface area contributed by atoms with Crippen LogP contribution in [0.5, 0.6) is 0 Å². The van der Waals surface area contributed by atoms with Crippen LogP contribution >= 0.6 is 15.9 Å². The fraction of sp³-hybridized carbons (Fsp3) is 0.200. The summed E-state index contributed by atoms with van der Waals surface area (Å²) in [4.78, 5) is 0. The Hall–Kier alpha value is -0.700. The van der Waals surface area contributed by atoms with Crippen molar-refractivity contribution >= 4 is 21.2 Å². The Balaban J connectivity index is 1.85. The first-order valence-electron chi connectivity index (χ1n) is 6.10. The lowest BCUT2D eigenvalue weighted by Gasteiger charge is -2.10. The normalized spacial score (nSPS) is 20.8. The van der Waals surface area contributed by atoms with Crippen LogP contribution < -0.4 is 5.30 Å². The summed E-state index contributed by atoms with van der Waals surface area (Å²) in [5.41, 5.74) is 2.66. The van der Waals surface area contributed by atoms with Gasteiger partial charge in [-0.25, -0.2) is 0 Å². The molecule has 0 radical (unpaired) electrons. The van der Waals surface area contributed by atoms with Crippen molar-refractivity contribution in [1.29, 1.82) is 0 Å². The zero-order valence-electron chi connectivity index (χ0n) is 9.76. The first-order chi connectivity index (χ1) is 8.43. The third-order valence-electron chi connectivity index (χ3n) is 3.15. The molecule has 0 aromatic heterocycles. The zero-order valence-corrected chi connectivity index (χ0v) is 11.7. The molecule has 1 saturated heterocycles. The maximum atomic E-state index is 2.35. The number of hydrogen-bond acceptors (Lipinski definition) is 0. The molecule has 0 bridgehead atoms. The van der Waals surface area contributed by atoms with Gasteiger partial charge in [0.1, 0.15) is 0 Å². The molecule has 0 aliphatic carbocycles. The van der Waals surface area contributed by atoms with Gasteiger partial charge in [-0.1, -0.05) is 70.5 Å². The maximum absolute atomic E-state index is 2.35.